The van der Waals surface area contributed by atoms with Crippen LogP contribution in [0.4, 0.5) is 10.2 Å². The van der Waals surface area contributed by atoms with E-state index in [2.05, 4.69) is 4.98 Å². The molecule has 0 bridgehead atoms. The molecule has 1 saturated heterocycles. The monoisotopic (exact) mass is 224 g/mol. The molecule has 0 amide bonds. The van der Waals surface area contributed by atoms with Crippen molar-refractivity contribution in [1.29, 1.82) is 0 Å². The van der Waals surface area contributed by atoms with E-state index in [1.165, 1.54) is 6.07 Å². The summed E-state index contributed by atoms with van der Waals surface area (Å²) in [5.41, 5.74) is 0. The maximum absolute atomic E-state index is 13.6. The maximum atomic E-state index is 13.6. The number of halogens is 1. The number of aliphatic hydroxyl groups excluding tert-OH is 1. The molecule has 2 atom stereocenters. The molecule has 1 aromatic rings. The van der Waals surface area contributed by atoms with Gasteiger partial charge in [0.2, 0.25) is 0 Å². The zero-order valence-corrected chi connectivity index (χ0v) is 9.43. The van der Waals surface area contributed by atoms with Crippen LogP contribution in [0.2, 0.25) is 0 Å². The normalized spacial score (nSPS) is 22.4. The highest BCUT2D eigenvalue weighted by Crippen LogP contribution is 2.28. The Hall–Kier alpha value is -1.16. The molecule has 0 saturated carbocycles. The molecular weight excluding hydrogens is 207 g/mol. The molecule has 1 fully saturated rings. The number of hydrogen-bond acceptors (Lipinski definition) is 3. The Bertz CT molecular complexity index is 357. The second-order valence-corrected chi connectivity index (χ2v) is 4.38. The minimum Gasteiger partial charge on any atom is -0.393 e. The van der Waals surface area contributed by atoms with Gasteiger partial charge in [-0.1, -0.05) is 0 Å². The predicted molar refractivity (Wildman–Crippen MR) is 60.9 cm³/mol. The molecule has 1 aliphatic heterocycles. The zero-order valence-electron chi connectivity index (χ0n) is 9.43. The molecule has 16 heavy (non-hydrogen) atoms. The Morgan fingerprint density at radius 2 is 2.50 bits per heavy atom. The van der Waals surface area contributed by atoms with Crippen LogP contribution in [0.3, 0.4) is 0 Å². The molecule has 0 radical (unpaired) electrons. The van der Waals surface area contributed by atoms with Crippen molar-refractivity contribution in [3.05, 3.63) is 24.1 Å². The van der Waals surface area contributed by atoms with Crippen LogP contribution >= 0.6 is 0 Å². The highest BCUT2D eigenvalue weighted by atomic mass is 19.1. The minimum absolute atomic E-state index is 0.212. The standard InChI is InChI=1S/C12H17FN2O/c1-9(16)8-10-4-3-7-15(10)12-11(13)5-2-6-14-12/h2,5-6,9-10,16H,3-4,7-8H2,1H3/t9-,10-/m0/s1. The van der Waals surface area contributed by atoms with Gasteiger partial charge in [0.1, 0.15) is 0 Å². The van der Waals surface area contributed by atoms with Gasteiger partial charge in [0, 0.05) is 18.8 Å². The third kappa shape index (κ3) is 2.32. The van der Waals surface area contributed by atoms with Crippen LogP contribution in [0, 0.1) is 5.82 Å². The third-order valence-electron chi connectivity index (χ3n) is 3.00. The molecule has 0 aliphatic carbocycles. The summed E-state index contributed by atoms with van der Waals surface area (Å²) in [6.45, 7) is 2.59. The van der Waals surface area contributed by atoms with Gasteiger partial charge >= 0.3 is 0 Å². The lowest BCUT2D eigenvalue weighted by Gasteiger charge is -2.26. The van der Waals surface area contributed by atoms with Gasteiger partial charge in [0.25, 0.3) is 0 Å². The molecule has 88 valence electrons. The number of pyridine rings is 1. The fourth-order valence-corrected chi connectivity index (χ4v) is 2.34. The highest BCUT2D eigenvalue weighted by molar-refractivity contribution is 5.42. The van der Waals surface area contributed by atoms with Gasteiger partial charge in [-0.05, 0) is 38.3 Å². The van der Waals surface area contributed by atoms with E-state index in [4.69, 9.17) is 0 Å². The second kappa shape index (κ2) is 4.78. The molecule has 1 N–H and O–H groups in total. The Morgan fingerprint density at radius 3 is 3.19 bits per heavy atom. The molecule has 2 heterocycles. The van der Waals surface area contributed by atoms with E-state index in [1.807, 2.05) is 4.90 Å². The summed E-state index contributed by atoms with van der Waals surface area (Å²) < 4.78 is 13.6. The lowest BCUT2D eigenvalue weighted by atomic mass is 10.1. The first kappa shape index (κ1) is 11.3. The molecule has 3 nitrogen and oxygen atoms in total. The van der Waals surface area contributed by atoms with Crippen molar-refractivity contribution in [3.8, 4) is 0 Å². The van der Waals surface area contributed by atoms with Crippen molar-refractivity contribution in [3.63, 3.8) is 0 Å². The first-order valence-corrected chi connectivity index (χ1v) is 5.73. The van der Waals surface area contributed by atoms with Crippen molar-refractivity contribution in [2.75, 3.05) is 11.4 Å². The summed E-state index contributed by atoms with van der Waals surface area (Å²) in [5, 5.41) is 9.41. The van der Waals surface area contributed by atoms with Gasteiger partial charge in [-0.15, -0.1) is 0 Å². The maximum Gasteiger partial charge on any atom is 0.165 e. The Morgan fingerprint density at radius 1 is 1.69 bits per heavy atom. The van der Waals surface area contributed by atoms with Crippen molar-refractivity contribution >= 4 is 5.82 Å². The van der Waals surface area contributed by atoms with Gasteiger partial charge < -0.3 is 10.0 Å². The molecular formula is C12H17FN2O. The quantitative estimate of drug-likeness (QED) is 0.852. The number of aromatic nitrogens is 1. The van der Waals surface area contributed by atoms with Crippen LogP contribution in [0.1, 0.15) is 26.2 Å². The van der Waals surface area contributed by atoms with E-state index >= 15 is 0 Å². The first-order chi connectivity index (χ1) is 7.68. The second-order valence-electron chi connectivity index (χ2n) is 4.38. The molecule has 0 spiro atoms. The van der Waals surface area contributed by atoms with Crippen LogP contribution in [-0.2, 0) is 0 Å². The van der Waals surface area contributed by atoms with Gasteiger partial charge in [0.05, 0.1) is 6.10 Å². The summed E-state index contributed by atoms with van der Waals surface area (Å²) in [6.07, 6.45) is 3.97. The molecule has 1 aliphatic rings. The summed E-state index contributed by atoms with van der Waals surface area (Å²) in [5.74, 6) is 0.144. The molecule has 0 aromatic carbocycles. The van der Waals surface area contributed by atoms with E-state index < -0.39 is 0 Å². The zero-order chi connectivity index (χ0) is 11.5. The number of anilines is 1. The van der Waals surface area contributed by atoms with E-state index in [0.29, 0.717) is 12.2 Å². The molecule has 0 unspecified atom stereocenters. The summed E-state index contributed by atoms with van der Waals surface area (Å²) in [4.78, 5) is 6.06. The SMILES string of the molecule is C[C@H](O)C[C@@H]1CCCN1c1ncccc1F. The van der Waals surface area contributed by atoms with Crippen molar-refractivity contribution in [2.24, 2.45) is 0 Å². The number of hydrogen-bond donors (Lipinski definition) is 1. The fraction of sp³-hybridized carbons (Fsp3) is 0.583. The molecule has 1 aromatic heterocycles. The van der Waals surface area contributed by atoms with E-state index in [9.17, 15) is 9.50 Å². The number of rotatable bonds is 3. The van der Waals surface area contributed by atoms with Crippen molar-refractivity contribution < 1.29 is 9.50 Å². The Kier molecular flexibility index (Phi) is 3.39. The van der Waals surface area contributed by atoms with Gasteiger partial charge in [-0.25, -0.2) is 9.37 Å². The minimum atomic E-state index is -0.350. The number of nitrogens with zero attached hydrogens (tertiary/aromatic N) is 2. The first-order valence-electron chi connectivity index (χ1n) is 5.73. The average Bonchev–Trinajstić information content (AvgIpc) is 2.66. The van der Waals surface area contributed by atoms with Crippen molar-refractivity contribution in [1.82, 2.24) is 4.98 Å². The van der Waals surface area contributed by atoms with Crippen molar-refractivity contribution in [2.45, 2.75) is 38.3 Å². The van der Waals surface area contributed by atoms with Crippen LogP contribution in [-0.4, -0.2) is 28.8 Å². The van der Waals surface area contributed by atoms with Crippen LogP contribution < -0.4 is 4.90 Å². The lowest BCUT2D eigenvalue weighted by Crippen LogP contribution is -2.33. The smallest absolute Gasteiger partial charge is 0.165 e. The average molecular weight is 224 g/mol. The van der Waals surface area contributed by atoms with Gasteiger partial charge in [-0.3, -0.25) is 0 Å². The highest BCUT2D eigenvalue weighted by Gasteiger charge is 2.28. The largest absolute Gasteiger partial charge is 0.393 e. The van der Waals surface area contributed by atoms with E-state index in [1.54, 1.807) is 19.2 Å². The summed E-state index contributed by atoms with van der Waals surface area (Å²) in [7, 11) is 0. The third-order valence-corrected chi connectivity index (χ3v) is 3.00. The molecule has 4 heteroatoms. The van der Waals surface area contributed by atoms with Crippen LogP contribution in [0.5, 0.6) is 0 Å². The molecule has 2 rings (SSSR count). The Balaban J connectivity index is 2.17. The number of aliphatic hydroxyl groups is 1. The van der Waals surface area contributed by atoms with E-state index in [-0.39, 0.29) is 18.0 Å². The predicted octanol–water partition coefficient (Wildman–Crippen LogP) is 1.96. The Labute approximate surface area is 94.9 Å². The topological polar surface area (TPSA) is 36.4 Å². The van der Waals surface area contributed by atoms with E-state index in [0.717, 1.165) is 19.4 Å². The van der Waals surface area contributed by atoms with Gasteiger partial charge in [-0.2, -0.15) is 0 Å². The lowest BCUT2D eigenvalue weighted by molar-refractivity contribution is 0.175. The summed E-state index contributed by atoms with van der Waals surface area (Å²) in [6, 6.07) is 3.24. The van der Waals surface area contributed by atoms with Gasteiger partial charge in [0.15, 0.2) is 11.6 Å². The fourth-order valence-electron chi connectivity index (χ4n) is 2.34. The summed E-state index contributed by atoms with van der Waals surface area (Å²) >= 11 is 0. The van der Waals surface area contributed by atoms with Crippen LogP contribution in [0.25, 0.3) is 0 Å². The van der Waals surface area contributed by atoms with Crippen LogP contribution in [0.15, 0.2) is 18.3 Å².